The number of aliphatic carboxylic acids is 1. The van der Waals surface area contributed by atoms with Gasteiger partial charge in [-0.25, -0.2) is 0 Å². The summed E-state index contributed by atoms with van der Waals surface area (Å²) in [4.78, 5) is 22.5. The maximum absolute atomic E-state index is 12.0. The van der Waals surface area contributed by atoms with Gasteiger partial charge < -0.3 is 20.5 Å². The molecule has 3 N–H and O–H groups in total. The second-order valence-electron chi connectivity index (χ2n) is 5.41. The molecule has 140 valence electrons. The van der Waals surface area contributed by atoms with Crippen LogP contribution in [-0.4, -0.2) is 30.6 Å². The first kappa shape index (κ1) is 20.7. The van der Waals surface area contributed by atoms with Gasteiger partial charge in [-0.05, 0) is 67.8 Å². The van der Waals surface area contributed by atoms with Gasteiger partial charge in [-0.1, -0.05) is 0 Å². The van der Waals surface area contributed by atoms with Gasteiger partial charge in [-0.15, -0.1) is 0 Å². The van der Waals surface area contributed by atoms with Gasteiger partial charge in [0.1, 0.15) is 18.9 Å². The highest BCUT2D eigenvalue weighted by atomic mass is 79.9. The average molecular weight is 497 g/mol. The third kappa shape index (κ3) is 5.70. The molecule has 2 rings (SSSR count). The summed E-state index contributed by atoms with van der Waals surface area (Å²) in [5.74, 6) is -1.15. The number of carbonyl (C=O) groups excluding carboxylic acids is 1. The number of rotatable bonds is 7. The molecule has 0 aliphatic heterocycles. The van der Waals surface area contributed by atoms with Crippen LogP contribution in [0.1, 0.15) is 21.5 Å². The van der Waals surface area contributed by atoms with E-state index in [-0.39, 0.29) is 12.2 Å². The van der Waals surface area contributed by atoms with Crippen molar-refractivity contribution in [3.05, 3.63) is 56.0 Å². The van der Waals surface area contributed by atoms with E-state index in [1.165, 1.54) is 0 Å². The van der Waals surface area contributed by atoms with Gasteiger partial charge in [0.2, 0.25) is 0 Å². The normalized spacial score (nSPS) is 10.0. The van der Waals surface area contributed by atoms with Crippen molar-refractivity contribution in [1.82, 2.24) is 5.32 Å². The molecule has 0 spiro atoms. The Morgan fingerprint density at radius 3 is 2.41 bits per heavy atom. The number of nitriles is 1. The number of carboxylic acid groups (broad SMARTS) is 1. The molecule has 7 nitrogen and oxygen atoms in total. The fraction of sp³-hybridized carbons (Fsp3) is 0.167. The number of nitrogens with zero attached hydrogens (tertiary/aromatic N) is 1. The molecule has 0 aliphatic carbocycles. The zero-order chi connectivity index (χ0) is 20.0. The second kappa shape index (κ2) is 9.39. The second-order valence-corrected chi connectivity index (χ2v) is 7.12. The fourth-order valence-corrected chi connectivity index (χ4v) is 3.64. The Hall–Kier alpha value is -2.57. The van der Waals surface area contributed by atoms with E-state index in [9.17, 15) is 9.59 Å². The minimum atomic E-state index is -1.12. The van der Waals surface area contributed by atoms with Crippen molar-refractivity contribution in [3.63, 3.8) is 0 Å². The lowest BCUT2D eigenvalue weighted by Crippen LogP contribution is -2.29. The lowest BCUT2D eigenvalue weighted by Gasteiger charge is -2.13. The SMILES string of the molecule is CNc1cc(C#N)cc(COc2c(Br)cc(C(=O)NCC(=O)O)cc2Br)c1. The first-order valence-corrected chi connectivity index (χ1v) is 9.26. The molecule has 0 aromatic heterocycles. The maximum Gasteiger partial charge on any atom is 0.322 e. The van der Waals surface area contributed by atoms with E-state index in [4.69, 9.17) is 15.1 Å². The first-order chi connectivity index (χ1) is 12.8. The predicted octanol–water partition coefficient (Wildman–Crippen LogP) is 3.52. The van der Waals surface area contributed by atoms with Crippen LogP contribution in [0.25, 0.3) is 0 Å². The maximum atomic E-state index is 12.0. The van der Waals surface area contributed by atoms with E-state index >= 15 is 0 Å². The van der Waals surface area contributed by atoms with Crippen LogP contribution in [0.5, 0.6) is 5.75 Å². The molecule has 0 aliphatic rings. The number of carboxylic acids is 1. The van der Waals surface area contributed by atoms with Gasteiger partial charge in [-0.3, -0.25) is 9.59 Å². The first-order valence-electron chi connectivity index (χ1n) is 7.67. The summed E-state index contributed by atoms with van der Waals surface area (Å²) < 4.78 is 6.89. The van der Waals surface area contributed by atoms with Crippen LogP contribution in [0.15, 0.2) is 39.3 Å². The van der Waals surface area contributed by atoms with Crippen molar-refractivity contribution in [2.75, 3.05) is 18.9 Å². The van der Waals surface area contributed by atoms with Crippen LogP contribution in [0, 0.1) is 11.3 Å². The van der Waals surface area contributed by atoms with E-state index in [1.54, 1.807) is 31.3 Å². The Labute approximate surface area is 172 Å². The van der Waals surface area contributed by atoms with E-state index in [0.29, 0.717) is 20.3 Å². The summed E-state index contributed by atoms with van der Waals surface area (Å²) in [7, 11) is 1.77. The Bertz CT molecular complexity index is 902. The lowest BCUT2D eigenvalue weighted by molar-refractivity contribution is -0.135. The largest absolute Gasteiger partial charge is 0.487 e. The number of benzene rings is 2. The van der Waals surface area contributed by atoms with Crippen LogP contribution in [0.2, 0.25) is 0 Å². The van der Waals surface area contributed by atoms with Gasteiger partial charge in [0.15, 0.2) is 0 Å². The highest BCUT2D eigenvalue weighted by Crippen LogP contribution is 2.35. The van der Waals surface area contributed by atoms with Crippen molar-refractivity contribution >= 4 is 49.4 Å². The molecule has 27 heavy (non-hydrogen) atoms. The van der Waals surface area contributed by atoms with Crippen LogP contribution >= 0.6 is 31.9 Å². The number of ether oxygens (including phenoxy) is 1. The molecule has 9 heteroatoms. The van der Waals surface area contributed by atoms with E-state index in [1.807, 2.05) is 6.07 Å². The minimum Gasteiger partial charge on any atom is -0.487 e. The van der Waals surface area contributed by atoms with Crippen LogP contribution in [0.4, 0.5) is 5.69 Å². The van der Waals surface area contributed by atoms with Crippen molar-refractivity contribution in [1.29, 1.82) is 5.26 Å². The molecule has 0 saturated heterocycles. The molecule has 0 radical (unpaired) electrons. The van der Waals surface area contributed by atoms with Crippen LogP contribution < -0.4 is 15.4 Å². The van der Waals surface area contributed by atoms with Gasteiger partial charge in [-0.2, -0.15) is 5.26 Å². The fourth-order valence-electron chi connectivity index (χ4n) is 2.23. The Kier molecular flexibility index (Phi) is 7.21. The van der Waals surface area contributed by atoms with E-state index in [0.717, 1.165) is 11.3 Å². The molecule has 2 aromatic carbocycles. The van der Waals surface area contributed by atoms with Gasteiger partial charge in [0.25, 0.3) is 5.91 Å². The summed E-state index contributed by atoms with van der Waals surface area (Å²) in [6, 6.07) is 10.5. The molecule has 0 saturated carbocycles. The molecule has 0 atom stereocenters. The third-order valence-corrected chi connectivity index (χ3v) is 4.63. The van der Waals surface area contributed by atoms with E-state index < -0.39 is 18.4 Å². The molecule has 0 fully saturated rings. The van der Waals surface area contributed by atoms with Gasteiger partial charge in [0.05, 0.1) is 20.6 Å². The molecular formula is C18H15Br2N3O4. The summed E-state index contributed by atoms with van der Waals surface area (Å²) in [6.07, 6.45) is 0. The summed E-state index contributed by atoms with van der Waals surface area (Å²) in [6.45, 7) is -0.249. The monoisotopic (exact) mass is 495 g/mol. The zero-order valence-electron chi connectivity index (χ0n) is 14.2. The predicted molar refractivity (Wildman–Crippen MR) is 107 cm³/mol. The van der Waals surface area contributed by atoms with Crippen LogP contribution in [-0.2, 0) is 11.4 Å². The zero-order valence-corrected chi connectivity index (χ0v) is 17.3. The van der Waals surface area contributed by atoms with Crippen LogP contribution in [0.3, 0.4) is 0 Å². The number of amides is 1. The molecular weight excluding hydrogens is 482 g/mol. The van der Waals surface area contributed by atoms with Crippen molar-refractivity contribution in [2.45, 2.75) is 6.61 Å². The number of hydrogen-bond donors (Lipinski definition) is 3. The summed E-state index contributed by atoms with van der Waals surface area (Å²) in [5.41, 5.74) is 2.41. The van der Waals surface area contributed by atoms with Gasteiger partial charge >= 0.3 is 5.97 Å². The number of anilines is 1. The smallest absolute Gasteiger partial charge is 0.322 e. The Balaban J connectivity index is 2.17. The summed E-state index contributed by atoms with van der Waals surface area (Å²) in [5, 5.41) is 23.0. The van der Waals surface area contributed by atoms with E-state index in [2.05, 4.69) is 48.6 Å². The minimum absolute atomic E-state index is 0.214. The van der Waals surface area contributed by atoms with Gasteiger partial charge in [0, 0.05) is 18.3 Å². The molecule has 1 amide bonds. The molecule has 0 unspecified atom stereocenters. The van der Waals surface area contributed by atoms with Crippen molar-refractivity contribution < 1.29 is 19.4 Å². The molecule has 2 aromatic rings. The summed E-state index contributed by atoms with van der Waals surface area (Å²) >= 11 is 6.72. The van der Waals surface area contributed by atoms with Crippen molar-refractivity contribution in [3.8, 4) is 11.8 Å². The number of halogens is 2. The quantitative estimate of drug-likeness (QED) is 0.540. The Morgan fingerprint density at radius 1 is 1.19 bits per heavy atom. The van der Waals surface area contributed by atoms with Crippen molar-refractivity contribution in [2.24, 2.45) is 0 Å². The lowest BCUT2D eigenvalue weighted by atomic mass is 10.1. The number of hydrogen-bond acceptors (Lipinski definition) is 5. The Morgan fingerprint density at radius 2 is 1.85 bits per heavy atom. The number of carbonyl (C=O) groups is 2. The molecule has 0 bridgehead atoms. The molecule has 0 heterocycles. The third-order valence-electron chi connectivity index (χ3n) is 3.45. The topological polar surface area (TPSA) is 111 Å². The standard InChI is InChI=1S/C18H15Br2N3O4/c1-22-13-3-10(7-21)2-11(4-13)9-27-17-14(19)5-12(6-15(17)20)18(26)23-8-16(24)25/h2-6,22H,8-9H2,1H3,(H,23,26)(H,24,25). The highest BCUT2D eigenvalue weighted by Gasteiger charge is 2.14. The average Bonchev–Trinajstić information content (AvgIpc) is 2.64. The number of nitrogens with one attached hydrogen (secondary N) is 2. The highest BCUT2D eigenvalue weighted by molar-refractivity contribution is 9.11.